The van der Waals surface area contributed by atoms with Crippen LogP contribution >= 0.6 is 38.5 Å². The summed E-state index contributed by atoms with van der Waals surface area (Å²) >= 11 is 5.41. The van der Waals surface area contributed by atoms with Crippen LogP contribution in [0.2, 0.25) is 0 Å². The molecule has 5 heteroatoms. The molecule has 78 valence electrons. The van der Waals surface area contributed by atoms with Crippen molar-refractivity contribution >= 4 is 50.3 Å². The number of alkyl halides is 1. The highest BCUT2D eigenvalue weighted by Crippen LogP contribution is 2.32. The fourth-order valence-corrected chi connectivity index (χ4v) is 2.94. The summed E-state index contributed by atoms with van der Waals surface area (Å²) in [6.45, 7) is 0. The Morgan fingerprint density at radius 3 is 2.40 bits per heavy atom. The first-order valence-corrected chi connectivity index (χ1v) is 6.34. The third-order valence-electron chi connectivity index (χ3n) is 2.31. The number of carbonyl (C=O) groups is 2. The molecule has 0 aromatic heterocycles. The number of carbonyl (C=O) groups excluding carboxylic acids is 2. The van der Waals surface area contributed by atoms with Crippen LogP contribution in [0.25, 0.3) is 0 Å². The van der Waals surface area contributed by atoms with E-state index in [1.807, 2.05) is 24.3 Å². The Kier molecular flexibility index (Phi) is 3.11. The second-order valence-corrected chi connectivity index (χ2v) is 5.40. The predicted octanol–water partition coefficient (Wildman–Crippen LogP) is 1.79. The molecule has 2 rings (SSSR count). The molecule has 0 saturated carbocycles. The van der Waals surface area contributed by atoms with Gasteiger partial charge in [-0.1, -0.05) is 34.1 Å². The Morgan fingerprint density at radius 1 is 1.20 bits per heavy atom. The van der Waals surface area contributed by atoms with Gasteiger partial charge in [-0.05, 0) is 34.2 Å². The third kappa shape index (κ3) is 1.94. The van der Waals surface area contributed by atoms with Crippen LogP contribution in [0.15, 0.2) is 24.3 Å². The highest BCUT2D eigenvalue weighted by molar-refractivity contribution is 14.1. The van der Waals surface area contributed by atoms with E-state index in [1.165, 1.54) is 0 Å². The normalized spacial score (nSPS) is 25.5. The fourth-order valence-electron chi connectivity index (χ4n) is 1.58. The molecule has 1 aliphatic heterocycles. The molecule has 2 amide bonds. The van der Waals surface area contributed by atoms with Gasteiger partial charge < -0.3 is 0 Å². The van der Waals surface area contributed by atoms with Crippen molar-refractivity contribution < 1.29 is 9.59 Å². The summed E-state index contributed by atoms with van der Waals surface area (Å²) in [5, 5.41) is 2.31. The Morgan fingerprint density at radius 2 is 1.87 bits per heavy atom. The first kappa shape index (κ1) is 11.1. The predicted molar refractivity (Wildman–Crippen MR) is 67.8 cm³/mol. The van der Waals surface area contributed by atoms with Crippen molar-refractivity contribution in [2.24, 2.45) is 0 Å². The number of hydrogen-bond donors (Lipinski definition) is 1. The average molecular weight is 380 g/mol. The van der Waals surface area contributed by atoms with Crippen LogP contribution in [-0.2, 0) is 9.59 Å². The van der Waals surface area contributed by atoms with Crippen LogP contribution < -0.4 is 5.32 Å². The van der Waals surface area contributed by atoms with Crippen LogP contribution in [0, 0.1) is 3.57 Å². The molecule has 3 nitrogen and oxygen atoms in total. The first-order chi connectivity index (χ1) is 7.11. The third-order valence-corrected chi connectivity index (χ3v) is 4.24. The molecule has 1 saturated heterocycles. The maximum atomic E-state index is 11.6. The first-order valence-electron chi connectivity index (χ1n) is 4.34. The molecular formula is C10H7BrINO2. The molecule has 1 aromatic rings. The van der Waals surface area contributed by atoms with E-state index in [9.17, 15) is 9.59 Å². The maximum Gasteiger partial charge on any atom is 0.241 e. The van der Waals surface area contributed by atoms with Gasteiger partial charge in [-0.3, -0.25) is 14.9 Å². The van der Waals surface area contributed by atoms with Crippen molar-refractivity contribution in [3.05, 3.63) is 33.4 Å². The average Bonchev–Trinajstić information content (AvgIpc) is 2.43. The highest BCUT2D eigenvalue weighted by atomic mass is 127. The number of nitrogens with one attached hydrogen (secondary N) is 1. The second kappa shape index (κ2) is 4.21. The lowest BCUT2D eigenvalue weighted by Crippen LogP contribution is -2.22. The second-order valence-electron chi connectivity index (χ2n) is 3.25. The number of benzene rings is 1. The minimum Gasteiger partial charge on any atom is -0.295 e. The molecular weight excluding hydrogens is 373 g/mol. The van der Waals surface area contributed by atoms with E-state index < -0.39 is 10.7 Å². The lowest BCUT2D eigenvalue weighted by Gasteiger charge is -2.11. The highest BCUT2D eigenvalue weighted by Gasteiger charge is 2.41. The van der Waals surface area contributed by atoms with Gasteiger partial charge >= 0.3 is 0 Å². The van der Waals surface area contributed by atoms with Crippen LogP contribution in [0.1, 0.15) is 11.5 Å². The van der Waals surface area contributed by atoms with E-state index in [4.69, 9.17) is 0 Å². The molecule has 2 unspecified atom stereocenters. The van der Waals surface area contributed by atoms with Crippen LogP contribution in [0.5, 0.6) is 0 Å². The molecule has 1 fully saturated rings. The molecule has 2 atom stereocenters. The Hall–Kier alpha value is -0.430. The number of rotatable bonds is 1. The van der Waals surface area contributed by atoms with E-state index in [-0.39, 0.29) is 11.8 Å². The molecule has 0 aliphatic carbocycles. The summed E-state index contributed by atoms with van der Waals surface area (Å²) in [5.41, 5.74) is 0.892. The molecule has 1 heterocycles. The smallest absolute Gasteiger partial charge is 0.241 e. The fraction of sp³-hybridized carbons (Fsp3) is 0.200. The van der Waals surface area contributed by atoms with Gasteiger partial charge in [-0.15, -0.1) is 0 Å². The van der Waals surface area contributed by atoms with Gasteiger partial charge in [0.1, 0.15) is 4.83 Å². The quantitative estimate of drug-likeness (QED) is 0.459. The van der Waals surface area contributed by atoms with Crippen LogP contribution in [0.3, 0.4) is 0 Å². The van der Waals surface area contributed by atoms with Gasteiger partial charge in [-0.25, -0.2) is 0 Å². The van der Waals surface area contributed by atoms with E-state index in [1.54, 1.807) is 0 Å². The van der Waals surface area contributed by atoms with Gasteiger partial charge in [0.25, 0.3) is 0 Å². The lowest BCUT2D eigenvalue weighted by atomic mass is 9.98. The monoisotopic (exact) mass is 379 g/mol. The summed E-state index contributed by atoms with van der Waals surface area (Å²) in [5.74, 6) is -0.902. The van der Waals surface area contributed by atoms with Crippen molar-refractivity contribution in [1.82, 2.24) is 5.32 Å². The van der Waals surface area contributed by atoms with Crippen molar-refractivity contribution in [2.45, 2.75) is 10.7 Å². The molecule has 1 aliphatic rings. The summed E-state index contributed by atoms with van der Waals surface area (Å²) in [4.78, 5) is 22.4. The minimum absolute atomic E-state index is 0.231. The Bertz CT molecular complexity index is 435. The molecule has 1 aromatic carbocycles. The summed E-state index contributed by atoms with van der Waals surface area (Å²) in [7, 11) is 0. The Labute approximate surface area is 109 Å². The van der Waals surface area contributed by atoms with E-state index in [2.05, 4.69) is 43.8 Å². The van der Waals surface area contributed by atoms with Crippen molar-refractivity contribution in [1.29, 1.82) is 0 Å². The standard InChI is InChI=1S/C10H7BrINO2/c11-8-7(9(14)13-10(8)15)5-3-1-2-4-6(5)12/h1-4,7-8H,(H,13,14,15). The number of imide groups is 1. The zero-order valence-corrected chi connectivity index (χ0v) is 11.3. The molecule has 0 bridgehead atoms. The largest absolute Gasteiger partial charge is 0.295 e. The molecule has 15 heavy (non-hydrogen) atoms. The number of amides is 2. The lowest BCUT2D eigenvalue weighted by molar-refractivity contribution is -0.125. The van der Waals surface area contributed by atoms with Crippen LogP contribution in [-0.4, -0.2) is 16.6 Å². The van der Waals surface area contributed by atoms with Gasteiger partial charge in [0.05, 0.1) is 5.92 Å². The van der Waals surface area contributed by atoms with E-state index in [0.717, 1.165) is 9.13 Å². The van der Waals surface area contributed by atoms with Gasteiger partial charge in [-0.2, -0.15) is 0 Å². The Balaban J connectivity index is 2.43. The van der Waals surface area contributed by atoms with Crippen molar-refractivity contribution in [3.8, 4) is 0 Å². The minimum atomic E-state index is -0.457. The van der Waals surface area contributed by atoms with E-state index >= 15 is 0 Å². The van der Waals surface area contributed by atoms with Crippen molar-refractivity contribution in [2.75, 3.05) is 0 Å². The van der Waals surface area contributed by atoms with Gasteiger partial charge in [0, 0.05) is 3.57 Å². The van der Waals surface area contributed by atoms with E-state index in [0.29, 0.717) is 0 Å². The van der Waals surface area contributed by atoms with Gasteiger partial charge in [0.2, 0.25) is 11.8 Å². The SMILES string of the molecule is O=C1NC(=O)C(c2ccccc2I)C1Br. The number of halogens is 2. The zero-order chi connectivity index (χ0) is 11.0. The summed E-state index contributed by atoms with van der Waals surface area (Å²) in [6, 6.07) is 7.57. The van der Waals surface area contributed by atoms with Crippen molar-refractivity contribution in [3.63, 3.8) is 0 Å². The summed E-state index contributed by atoms with van der Waals surface area (Å²) < 4.78 is 0.995. The maximum absolute atomic E-state index is 11.6. The molecule has 0 spiro atoms. The zero-order valence-electron chi connectivity index (χ0n) is 7.54. The van der Waals surface area contributed by atoms with Crippen LogP contribution in [0.4, 0.5) is 0 Å². The molecule has 0 radical (unpaired) electrons. The summed E-state index contributed by atoms with van der Waals surface area (Å²) in [6.07, 6.45) is 0. The molecule has 1 N–H and O–H groups in total. The number of hydrogen-bond acceptors (Lipinski definition) is 2. The van der Waals surface area contributed by atoms with Gasteiger partial charge in [0.15, 0.2) is 0 Å². The topological polar surface area (TPSA) is 46.2 Å².